The molecule has 0 bridgehead atoms. The third kappa shape index (κ3) is 4.02. The van der Waals surface area contributed by atoms with Gasteiger partial charge in [-0.25, -0.2) is 9.97 Å². The van der Waals surface area contributed by atoms with Gasteiger partial charge in [0, 0.05) is 55.6 Å². The van der Waals surface area contributed by atoms with Gasteiger partial charge in [-0.1, -0.05) is 6.92 Å². The number of carbonyl (C=O) groups is 1. The average Bonchev–Trinajstić information content (AvgIpc) is 3.54. The van der Waals surface area contributed by atoms with Crippen molar-refractivity contribution in [3.8, 4) is 11.4 Å². The minimum absolute atomic E-state index is 0.145. The molecule has 2 aliphatic rings. The molecule has 0 aromatic carbocycles. The van der Waals surface area contributed by atoms with Crippen LogP contribution in [0.1, 0.15) is 31.9 Å². The Balaban J connectivity index is 1.46. The van der Waals surface area contributed by atoms with E-state index in [1.165, 1.54) is 6.07 Å². The summed E-state index contributed by atoms with van der Waals surface area (Å²) in [6.07, 6.45) is 5.53. The van der Waals surface area contributed by atoms with E-state index in [0.717, 1.165) is 62.5 Å². The van der Waals surface area contributed by atoms with Gasteiger partial charge in [0.1, 0.15) is 11.6 Å². The van der Waals surface area contributed by atoms with Gasteiger partial charge in [-0.15, -0.1) is 0 Å². The van der Waals surface area contributed by atoms with E-state index in [-0.39, 0.29) is 11.5 Å². The van der Waals surface area contributed by atoms with Gasteiger partial charge in [0.25, 0.3) is 5.56 Å². The van der Waals surface area contributed by atoms with E-state index < -0.39 is 0 Å². The summed E-state index contributed by atoms with van der Waals surface area (Å²) in [5.74, 6) is 2.05. The van der Waals surface area contributed by atoms with Gasteiger partial charge in [0.05, 0.1) is 0 Å². The third-order valence-corrected chi connectivity index (χ3v) is 5.24. The maximum absolute atomic E-state index is 12.3. The Morgan fingerprint density at radius 2 is 2.07 bits per heavy atom. The largest absolute Gasteiger partial charge is 0.355 e. The lowest BCUT2D eigenvalue weighted by Crippen LogP contribution is -2.36. The number of H-pyrrole nitrogens is 1. The summed E-state index contributed by atoms with van der Waals surface area (Å²) in [4.78, 5) is 40.1. The van der Waals surface area contributed by atoms with Crippen LogP contribution < -0.4 is 10.5 Å². The second-order valence-corrected chi connectivity index (χ2v) is 7.28. The minimum atomic E-state index is -0.145. The van der Waals surface area contributed by atoms with E-state index >= 15 is 0 Å². The highest BCUT2D eigenvalue weighted by molar-refractivity contribution is 5.81. The molecule has 2 fully saturated rings. The van der Waals surface area contributed by atoms with Crippen LogP contribution in [0, 0.1) is 5.92 Å². The van der Waals surface area contributed by atoms with E-state index in [4.69, 9.17) is 0 Å². The fourth-order valence-electron chi connectivity index (χ4n) is 3.49. The Hall–Kier alpha value is -2.70. The van der Waals surface area contributed by atoms with Crippen molar-refractivity contribution in [2.24, 2.45) is 5.92 Å². The number of carbonyl (C=O) groups excluding carboxylic acids is 1. The molecule has 1 saturated carbocycles. The topological polar surface area (TPSA) is 82.2 Å². The molecule has 1 aliphatic carbocycles. The van der Waals surface area contributed by atoms with Crippen LogP contribution in [-0.2, 0) is 11.2 Å². The summed E-state index contributed by atoms with van der Waals surface area (Å²) in [5, 5.41) is 0. The number of aromatic nitrogens is 3. The van der Waals surface area contributed by atoms with Crippen LogP contribution in [0.5, 0.6) is 0 Å². The van der Waals surface area contributed by atoms with Crippen molar-refractivity contribution in [3.63, 3.8) is 0 Å². The number of nitrogens with zero attached hydrogens (tertiary/aromatic N) is 4. The normalized spacial score (nSPS) is 17.7. The van der Waals surface area contributed by atoms with Gasteiger partial charge >= 0.3 is 0 Å². The quantitative estimate of drug-likeness (QED) is 0.892. The SMILES string of the molecule is CCc1cc(=O)[nH]c(-c2ccc(N3CCCN(C(=O)C4CC4)CC3)nc2)n1. The number of nitrogens with one attached hydrogen (secondary N) is 1. The first-order valence-corrected chi connectivity index (χ1v) is 9.74. The summed E-state index contributed by atoms with van der Waals surface area (Å²) in [6, 6.07) is 5.43. The van der Waals surface area contributed by atoms with Gasteiger partial charge < -0.3 is 14.8 Å². The highest BCUT2D eigenvalue weighted by Gasteiger charge is 2.33. The van der Waals surface area contributed by atoms with Crippen LogP contribution in [0.4, 0.5) is 5.82 Å². The number of anilines is 1. The number of pyridine rings is 1. The van der Waals surface area contributed by atoms with E-state index in [2.05, 4.69) is 19.9 Å². The van der Waals surface area contributed by atoms with E-state index in [1.54, 1.807) is 6.20 Å². The van der Waals surface area contributed by atoms with Crippen LogP contribution >= 0.6 is 0 Å². The Morgan fingerprint density at radius 1 is 1.22 bits per heavy atom. The number of rotatable bonds is 4. The molecule has 7 heteroatoms. The highest BCUT2D eigenvalue weighted by Crippen LogP contribution is 2.31. The Bertz CT molecular complexity index is 873. The zero-order chi connectivity index (χ0) is 18.8. The summed E-state index contributed by atoms with van der Waals surface area (Å²) in [5.41, 5.74) is 1.42. The summed E-state index contributed by atoms with van der Waals surface area (Å²) >= 11 is 0. The molecule has 0 radical (unpaired) electrons. The first-order chi connectivity index (χ1) is 13.1. The van der Waals surface area contributed by atoms with Crippen LogP contribution in [0.2, 0.25) is 0 Å². The Kier molecular flexibility index (Phi) is 4.92. The summed E-state index contributed by atoms with van der Waals surface area (Å²) < 4.78 is 0. The molecule has 1 saturated heterocycles. The maximum Gasteiger partial charge on any atom is 0.251 e. The third-order valence-electron chi connectivity index (χ3n) is 5.24. The van der Waals surface area contributed by atoms with Crippen molar-refractivity contribution in [3.05, 3.63) is 40.4 Å². The predicted molar refractivity (Wildman–Crippen MR) is 104 cm³/mol. The van der Waals surface area contributed by atoms with Crippen molar-refractivity contribution >= 4 is 11.7 Å². The van der Waals surface area contributed by atoms with Crippen LogP contribution in [0.15, 0.2) is 29.2 Å². The molecule has 3 heterocycles. The molecule has 0 spiro atoms. The van der Waals surface area contributed by atoms with Gasteiger partial charge in [0.15, 0.2) is 0 Å². The van der Waals surface area contributed by atoms with Gasteiger partial charge in [-0.3, -0.25) is 9.59 Å². The van der Waals surface area contributed by atoms with Crippen LogP contribution in [-0.4, -0.2) is 51.9 Å². The number of hydrogen-bond donors (Lipinski definition) is 1. The fourth-order valence-corrected chi connectivity index (χ4v) is 3.49. The highest BCUT2D eigenvalue weighted by atomic mass is 16.2. The molecule has 1 N–H and O–H groups in total. The first-order valence-electron chi connectivity index (χ1n) is 9.74. The van der Waals surface area contributed by atoms with Crippen molar-refractivity contribution in [1.82, 2.24) is 19.9 Å². The predicted octanol–water partition coefficient (Wildman–Crippen LogP) is 1.84. The molecule has 2 aromatic heterocycles. The van der Waals surface area contributed by atoms with Crippen LogP contribution in [0.25, 0.3) is 11.4 Å². The molecule has 1 amide bonds. The Labute approximate surface area is 158 Å². The fraction of sp³-hybridized carbons (Fsp3) is 0.500. The lowest BCUT2D eigenvalue weighted by Gasteiger charge is -2.23. The maximum atomic E-state index is 12.3. The number of aromatic amines is 1. The monoisotopic (exact) mass is 367 g/mol. The lowest BCUT2D eigenvalue weighted by molar-refractivity contribution is -0.132. The lowest BCUT2D eigenvalue weighted by atomic mass is 10.2. The van der Waals surface area contributed by atoms with Crippen molar-refractivity contribution < 1.29 is 4.79 Å². The standard InChI is InChI=1S/C20H25N5O2/c1-2-16-12-18(26)23-19(22-16)15-6-7-17(21-13-15)24-8-3-9-25(11-10-24)20(27)14-4-5-14/h6-7,12-14H,2-5,8-11H2,1H3,(H,22,23,26). The smallest absolute Gasteiger partial charge is 0.251 e. The zero-order valence-corrected chi connectivity index (χ0v) is 15.6. The molecule has 142 valence electrons. The van der Waals surface area contributed by atoms with Crippen molar-refractivity contribution in [2.45, 2.75) is 32.6 Å². The van der Waals surface area contributed by atoms with E-state index in [0.29, 0.717) is 18.2 Å². The Morgan fingerprint density at radius 3 is 2.78 bits per heavy atom. The summed E-state index contributed by atoms with van der Waals surface area (Å²) in [6.45, 7) is 5.25. The van der Waals surface area contributed by atoms with Gasteiger partial charge in [-0.05, 0) is 37.8 Å². The second kappa shape index (κ2) is 7.50. The van der Waals surface area contributed by atoms with Crippen molar-refractivity contribution in [2.75, 3.05) is 31.1 Å². The molecular formula is C20H25N5O2. The molecule has 4 rings (SSSR count). The number of hydrogen-bond acceptors (Lipinski definition) is 5. The molecule has 7 nitrogen and oxygen atoms in total. The molecule has 27 heavy (non-hydrogen) atoms. The van der Waals surface area contributed by atoms with E-state index in [9.17, 15) is 9.59 Å². The molecule has 2 aromatic rings. The molecule has 0 atom stereocenters. The van der Waals surface area contributed by atoms with E-state index in [1.807, 2.05) is 24.0 Å². The molecule has 0 unspecified atom stereocenters. The molecule has 1 aliphatic heterocycles. The number of amides is 1. The van der Waals surface area contributed by atoms with Gasteiger partial charge in [-0.2, -0.15) is 0 Å². The first kappa shape index (κ1) is 17.7. The molecular weight excluding hydrogens is 342 g/mol. The zero-order valence-electron chi connectivity index (χ0n) is 15.6. The second-order valence-electron chi connectivity index (χ2n) is 7.28. The number of aryl methyl sites for hydroxylation is 1. The minimum Gasteiger partial charge on any atom is -0.355 e. The van der Waals surface area contributed by atoms with Crippen LogP contribution in [0.3, 0.4) is 0 Å². The van der Waals surface area contributed by atoms with Crippen molar-refractivity contribution in [1.29, 1.82) is 0 Å². The van der Waals surface area contributed by atoms with Gasteiger partial charge in [0.2, 0.25) is 5.91 Å². The summed E-state index contributed by atoms with van der Waals surface area (Å²) in [7, 11) is 0. The average molecular weight is 367 g/mol.